The van der Waals surface area contributed by atoms with Crippen LogP contribution in [0.4, 0.5) is 0 Å². The molecule has 2 heteroatoms. The molecule has 0 aliphatic carbocycles. The molecule has 0 spiro atoms. The zero-order valence-electron chi connectivity index (χ0n) is 18.2. The van der Waals surface area contributed by atoms with Crippen molar-refractivity contribution in [1.29, 1.82) is 0 Å². The molecule has 0 aliphatic heterocycles. The van der Waals surface area contributed by atoms with Gasteiger partial charge in [0.15, 0.2) is 0 Å². The molecule has 0 aliphatic rings. The van der Waals surface area contributed by atoms with Crippen LogP contribution in [0.3, 0.4) is 0 Å². The van der Waals surface area contributed by atoms with E-state index in [9.17, 15) is 0 Å². The fourth-order valence-electron chi connectivity index (χ4n) is 4.31. The summed E-state index contributed by atoms with van der Waals surface area (Å²) in [6.45, 7) is 28.8. The summed E-state index contributed by atoms with van der Waals surface area (Å²) in [7, 11) is -0.437. The summed E-state index contributed by atoms with van der Waals surface area (Å²) < 4.78 is 0. The topological polar surface area (TPSA) is 0 Å². The molecule has 0 saturated heterocycles. The molecule has 0 amide bonds. The largest absolute Gasteiger partial charge is 0.0643 e. The number of hydrogen-bond acceptors (Lipinski definition) is 0. The lowest BCUT2D eigenvalue weighted by atomic mass is 10.2. The van der Waals surface area contributed by atoms with Gasteiger partial charge in [-0.2, -0.15) is 0 Å². The Morgan fingerprint density at radius 2 is 0.583 bits per heavy atom. The van der Waals surface area contributed by atoms with Crippen molar-refractivity contribution in [2.45, 2.75) is 104 Å². The van der Waals surface area contributed by atoms with Gasteiger partial charge in [0.05, 0.1) is 0 Å². The molecular formula is C22H40P2. The molecule has 1 aromatic rings. The van der Waals surface area contributed by atoms with E-state index in [0.29, 0.717) is 20.6 Å². The molecule has 0 unspecified atom stereocenters. The lowest BCUT2D eigenvalue weighted by molar-refractivity contribution is 0.713. The van der Waals surface area contributed by atoms with Crippen LogP contribution >= 0.6 is 15.8 Å². The highest BCUT2D eigenvalue weighted by atomic mass is 31.1. The first-order chi connectivity index (χ1) is 10.5. The van der Waals surface area contributed by atoms with Crippen molar-refractivity contribution < 1.29 is 0 Å². The van der Waals surface area contributed by atoms with Gasteiger partial charge in [-0.15, -0.1) is 0 Å². The van der Waals surface area contributed by atoms with E-state index < -0.39 is 0 Å². The second-order valence-electron chi connectivity index (χ2n) is 10.9. The molecule has 0 bridgehead atoms. The van der Waals surface area contributed by atoms with Gasteiger partial charge in [0.2, 0.25) is 0 Å². The highest BCUT2D eigenvalue weighted by Gasteiger charge is 2.37. The first-order valence-electron chi connectivity index (χ1n) is 9.16. The number of hydrogen-bond donors (Lipinski definition) is 0. The van der Waals surface area contributed by atoms with E-state index >= 15 is 0 Å². The maximum Gasteiger partial charge on any atom is -0.0134 e. The van der Waals surface area contributed by atoms with Gasteiger partial charge < -0.3 is 0 Å². The third-order valence-corrected chi connectivity index (χ3v) is 11.0. The van der Waals surface area contributed by atoms with E-state index in [1.165, 1.54) is 0 Å². The van der Waals surface area contributed by atoms with Gasteiger partial charge in [0, 0.05) is 0 Å². The molecule has 0 saturated carbocycles. The molecule has 0 aromatic heterocycles. The lowest BCUT2D eigenvalue weighted by Gasteiger charge is -2.43. The van der Waals surface area contributed by atoms with E-state index in [1.54, 1.807) is 10.6 Å². The summed E-state index contributed by atoms with van der Waals surface area (Å²) >= 11 is 0. The highest BCUT2D eigenvalue weighted by Crippen LogP contribution is 2.60. The Hall–Kier alpha value is 0.0800. The summed E-state index contributed by atoms with van der Waals surface area (Å²) in [5, 5.41) is 4.40. The van der Waals surface area contributed by atoms with Gasteiger partial charge in [-0.3, -0.25) is 0 Å². The number of rotatable bonds is 2. The fraction of sp³-hybridized carbons (Fsp3) is 0.727. The van der Waals surface area contributed by atoms with Gasteiger partial charge in [0.25, 0.3) is 0 Å². The van der Waals surface area contributed by atoms with Crippen LogP contribution in [0.1, 0.15) is 83.1 Å². The van der Waals surface area contributed by atoms with Crippen molar-refractivity contribution in [3.05, 3.63) is 24.3 Å². The van der Waals surface area contributed by atoms with E-state index in [2.05, 4.69) is 107 Å². The third kappa shape index (κ3) is 5.54. The van der Waals surface area contributed by atoms with Gasteiger partial charge in [-0.05, 0) is 31.2 Å². The molecule has 1 rings (SSSR count). The smallest absolute Gasteiger partial charge is 0.0134 e. The Kier molecular flexibility index (Phi) is 6.46. The SMILES string of the molecule is CC(C)(C)P(c1ccc(P(C(C)(C)C)C(C)(C)C)cc1)C(C)(C)C. The van der Waals surface area contributed by atoms with E-state index in [0.717, 1.165) is 0 Å². The quantitative estimate of drug-likeness (QED) is 0.490. The average Bonchev–Trinajstić information content (AvgIpc) is 2.23. The zero-order chi connectivity index (χ0) is 19.1. The van der Waals surface area contributed by atoms with Crippen LogP contribution in [0.15, 0.2) is 24.3 Å². The third-order valence-electron chi connectivity index (χ3n) is 4.05. The molecule has 24 heavy (non-hydrogen) atoms. The lowest BCUT2D eigenvalue weighted by Crippen LogP contribution is -2.33. The van der Waals surface area contributed by atoms with Crippen molar-refractivity contribution in [1.82, 2.24) is 0 Å². The van der Waals surface area contributed by atoms with Crippen molar-refractivity contribution in [3.8, 4) is 0 Å². The first-order valence-corrected chi connectivity index (χ1v) is 11.8. The van der Waals surface area contributed by atoms with Crippen LogP contribution in [-0.2, 0) is 0 Å². The van der Waals surface area contributed by atoms with Crippen molar-refractivity contribution in [3.63, 3.8) is 0 Å². The molecule has 0 atom stereocenters. The minimum absolute atomic E-state index is 0.219. The van der Waals surface area contributed by atoms with Crippen LogP contribution < -0.4 is 10.6 Å². The second-order valence-corrected chi connectivity index (χ2v) is 18.6. The minimum atomic E-state index is -0.219. The van der Waals surface area contributed by atoms with Gasteiger partial charge in [-0.1, -0.05) is 123 Å². The molecule has 0 fully saturated rings. The molecule has 0 heterocycles. The Balaban J connectivity index is 3.34. The zero-order valence-corrected chi connectivity index (χ0v) is 20.0. The molecule has 0 N–H and O–H groups in total. The van der Waals surface area contributed by atoms with Crippen molar-refractivity contribution in [2.75, 3.05) is 0 Å². The molecule has 0 nitrogen and oxygen atoms in total. The Labute approximate surface area is 154 Å². The normalized spacial score (nSPS) is 14.6. The monoisotopic (exact) mass is 366 g/mol. The summed E-state index contributed by atoms with van der Waals surface area (Å²) in [6, 6.07) is 9.74. The van der Waals surface area contributed by atoms with Crippen LogP contribution in [0.2, 0.25) is 0 Å². The van der Waals surface area contributed by atoms with Crippen LogP contribution in [-0.4, -0.2) is 20.6 Å². The standard InChI is InChI=1S/C22H40P2/c1-19(2,3)23(20(4,5)6)17-13-15-18(16-14-17)24(21(7,8)9)22(10,11)12/h13-16H,1-12H3. The van der Waals surface area contributed by atoms with Crippen LogP contribution in [0.25, 0.3) is 0 Å². The molecule has 138 valence electrons. The predicted octanol–water partition coefficient (Wildman–Crippen LogP) is 7.10. The summed E-state index contributed by atoms with van der Waals surface area (Å²) in [5.74, 6) is 0. The minimum Gasteiger partial charge on any atom is -0.0643 e. The Morgan fingerprint density at radius 1 is 0.417 bits per heavy atom. The maximum absolute atomic E-state index is 2.43. The van der Waals surface area contributed by atoms with Crippen LogP contribution in [0, 0.1) is 0 Å². The number of benzene rings is 1. The Morgan fingerprint density at radius 3 is 0.708 bits per heavy atom. The summed E-state index contributed by atoms with van der Waals surface area (Å²) in [6.07, 6.45) is 0. The molecule has 1 aromatic carbocycles. The second kappa shape index (κ2) is 7.00. The maximum atomic E-state index is 2.43. The van der Waals surface area contributed by atoms with Gasteiger partial charge in [-0.25, -0.2) is 0 Å². The van der Waals surface area contributed by atoms with E-state index in [-0.39, 0.29) is 15.8 Å². The van der Waals surface area contributed by atoms with E-state index in [4.69, 9.17) is 0 Å². The predicted molar refractivity (Wildman–Crippen MR) is 119 cm³/mol. The average molecular weight is 367 g/mol. The van der Waals surface area contributed by atoms with Gasteiger partial charge >= 0.3 is 0 Å². The first kappa shape index (κ1) is 22.1. The van der Waals surface area contributed by atoms with Crippen molar-refractivity contribution >= 4 is 26.5 Å². The summed E-state index contributed by atoms with van der Waals surface area (Å²) in [5.41, 5.74) is 0. The van der Waals surface area contributed by atoms with Crippen LogP contribution in [0.5, 0.6) is 0 Å². The van der Waals surface area contributed by atoms with E-state index in [1.807, 2.05) is 0 Å². The summed E-state index contributed by atoms with van der Waals surface area (Å²) in [4.78, 5) is 0. The highest BCUT2D eigenvalue weighted by molar-refractivity contribution is 7.69. The fourth-order valence-corrected chi connectivity index (χ4v) is 12.3. The molecule has 0 radical (unpaired) electrons. The van der Waals surface area contributed by atoms with Crippen molar-refractivity contribution in [2.24, 2.45) is 0 Å². The van der Waals surface area contributed by atoms with Gasteiger partial charge in [0.1, 0.15) is 0 Å². The molecular weight excluding hydrogens is 326 g/mol. The Bertz CT molecular complexity index is 449.